The van der Waals surface area contributed by atoms with E-state index in [1.54, 1.807) is 17.5 Å². The number of carbonyl (C=O) groups excluding carboxylic acids is 3. The third kappa shape index (κ3) is 3.80. The molecule has 11 heteroatoms. The Bertz CT molecular complexity index is 1200. The molecular formula is C19H14N4O5S2. The van der Waals surface area contributed by atoms with E-state index in [1.165, 1.54) is 42.6 Å². The summed E-state index contributed by atoms with van der Waals surface area (Å²) in [7, 11) is -3.80. The van der Waals surface area contributed by atoms with Gasteiger partial charge in [0.25, 0.3) is 21.8 Å². The summed E-state index contributed by atoms with van der Waals surface area (Å²) < 4.78 is 27.0. The van der Waals surface area contributed by atoms with Crippen LogP contribution in [0.1, 0.15) is 20.7 Å². The Morgan fingerprint density at radius 2 is 1.63 bits per heavy atom. The molecule has 0 unspecified atom stereocenters. The van der Waals surface area contributed by atoms with Crippen molar-refractivity contribution >= 4 is 49.9 Å². The van der Waals surface area contributed by atoms with Crippen LogP contribution < -0.4 is 10.0 Å². The number of thiazole rings is 1. The molecule has 0 fully saturated rings. The van der Waals surface area contributed by atoms with Gasteiger partial charge in [0.2, 0.25) is 5.91 Å². The van der Waals surface area contributed by atoms with Gasteiger partial charge in [-0.3, -0.25) is 24.0 Å². The number of aromatic nitrogens is 1. The van der Waals surface area contributed by atoms with Gasteiger partial charge in [-0.05, 0) is 36.4 Å². The van der Waals surface area contributed by atoms with E-state index in [2.05, 4.69) is 15.0 Å². The molecule has 0 saturated carbocycles. The molecule has 0 saturated heterocycles. The quantitative estimate of drug-likeness (QED) is 0.564. The third-order valence-electron chi connectivity index (χ3n) is 4.28. The van der Waals surface area contributed by atoms with Crippen LogP contribution in [-0.2, 0) is 14.8 Å². The molecule has 152 valence electrons. The first-order chi connectivity index (χ1) is 14.3. The van der Waals surface area contributed by atoms with Gasteiger partial charge < -0.3 is 5.32 Å². The number of benzene rings is 2. The summed E-state index contributed by atoms with van der Waals surface area (Å²) in [5, 5.41) is 4.44. The zero-order chi connectivity index (χ0) is 21.3. The average Bonchev–Trinajstić information content (AvgIpc) is 3.31. The van der Waals surface area contributed by atoms with Gasteiger partial charge >= 0.3 is 0 Å². The molecule has 1 aliphatic heterocycles. The van der Waals surface area contributed by atoms with Gasteiger partial charge in [-0.25, -0.2) is 13.4 Å². The first kappa shape index (κ1) is 19.7. The maximum Gasteiger partial charge on any atom is 0.263 e. The second kappa shape index (κ2) is 7.69. The molecule has 2 heterocycles. The molecule has 2 aromatic carbocycles. The van der Waals surface area contributed by atoms with Crippen LogP contribution >= 0.6 is 11.3 Å². The lowest BCUT2D eigenvalue weighted by Crippen LogP contribution is -2.37. The van der Waals surface area contributed by atoms with Crippen LogP contribution in [0.3, 0.4) is 0 Å². The lowest BCUT2D eigenvalue weighted by atomic mass is 10.1. The van der Waals surface area contributed by atoms with E-state index >= 15 is 0 Å². The lowest BCUT2D eigenvalue weighted by Gasteiger charge is -2.14. The van der Waals surface area contributed by atoms with Gasteiger partial charge in [0.05, 0.1) is 16.0 Å². The maximum absolute atomic E-state index is 12.3. The second-order valence-electron chi connectivity index (χ2n) is 6.26. The Hall–Kier alpha value is -3.57. The minimum atomic E-state index is -3.80. The monoisotopic (exact) mass is 442 g/mol. The molecule has 3 amide bonds. The highest BCUT2D eigenvalue weighted by Crippen LogP contribution is 2.23. The van der Waals surface area contributed by atoms with E-state index in [0.29, 0.717) is 5.69 Å². The SMILES string of the molecule is O=C(CN1C(=O)c2ccccc2C1=O)Nc1ccc(S(=O)(=O)Nc2nccs2)cc1. The molecule has 1 aromatic heterocycles. The highest BCUT2D eigenvalue weighted by atomic mass is 32.2. The minimum Gasteiger partial charge on any atom is -0.325 e. The molecule has 9 nitrogen and oxygen atoms in total. The van der Waals surface area contributed by atoms with Gasteiger partial charge in [0.15, 0.2) is 5.13 Å². The molecule has 4 rings (SSSR count). The number of rotatable bonds is 6. The highest BCUT2D eigenvalue weighted by molar-refractivity contribution is 7.93. The largest absolute Gasteiger partial charge is 0.325 e. The van der Waals surface area contributed by atoms with Crippen LogP contribution in [0, 0.1) is 0 Å². The Morgan fingerprint density at radius 3 is 2.20 bits per heavy atom. The molecule has 0 radical (unpaired) electrons. The van der Waals surface area contributed by atoms with Crippen molar-refractivity contribution in [3.63, 3.8) is 0 Å². The fraction of sp³-hybridized carbons (Fsp3) is 0.0526. The summed E-state index contributed by atoms with van der Waals surface area (Å²) in [5.74, 6) is -1.64. The number of fused-ring (bicyclic) bond motifs is 1. The highest BCUT2D eigenvalue weighted by Gasteiger charge is 2.36. The Morgan fingerprint density at radius 1 is 1.00 bits per heavy atom. The normalized spacial score (nSPS) is 13.3. The van der Waals surface area contributed by atoms with Gasteiger partial charge in [-0.1, -0.05) is 12.1 Å². The van der Waals surface area contributed by atoms with Crippen LogP contribution in [0.4, 0.5) is 10.8 Å². The van der Waals surface area contributed by atoms with Crippen molar-refractivity contribution in [2.75, 3.05) is 16.6 Å². The number of anilines is 2. The number of imide groups is 1. The molecule has 0 aliphatic carbocycles. The van der Waals surface area contributed by atoms with Gasteiger partial charge in [-0.2, -0.15) is 0 Å². The average molecular weight is 442 g/mol. The third-order valence-corrected chi connectivity index (χ3v) is 6.45. The first-order valence-corrected chi connectivity index (χ1v) is 11.0. The van der Waals surface area contributed by atoms with Gasteiger partial charge in [-0.15, -0.1) is 11.3 Å². The van der Waals surface area contributed by atoms with Crippen LogP contribution in [0.5, 0.6) is 0 Å². The van der Waals surface area contributed by atoms with Gasteiger partial charge in [0, 0.05) is 17.3 Å². The number of sulfonamides is 1. The molecular weight excluding hydrogens is 428 g/mol. The van der Waals surface area contributed by atoms with Crippen molar-refractivity contribution < 1.29 is 22.8 Å². The number of nitrogens with zero attached hydrogens (tertiary/aromatic N) is 2. The summed E-state index contributed by atoms with van der Waals surface area (Å²) in [5.41, 5.74) is 0.847. The molecule has 0 atom stereocenters. The minimum absolute atomic E-state index is 0.00366. The van der Waals surface area contributed by atoms with Crippen molar-refractivity contribution in [2.45, 2.75) is 4.90 Å². The summed E-state index contributed by atoms with van der Waals surface area (Å²) in [6, 6.07) is 11.8. The number of nitrogens with one attached hydrogen (secondary N) is 2. The molecule has 0 bridgehead atoms. The van der Waals surface area contributed by atoms with E-state index in [-0.39, 0.29) is 21.2 Å². The lowest BCUT2D eigenvalue weighted by molar-refractivity contribution is -0.116. The number of hydrogen-bond acceptors (Lipinski definition) is 7. The van der Waals surface area contributed by atoms with E-state index in [4.69, 9.17) is 0 Å². The fourth-order valence-electron chi connectivity index (χ4n) is 2.89. The van der Waals surface area contributed by atoms with Crippen molar-refractivity contribution in [1.29, 1.82) is 0 Å². The summed E-state index contributed by atoms with van der Waals surface area (Å²) >= 11 is 1.15. The second-order valence-corrected chi connectivity index (χ2v) is 8.83. The first-order valence-electron chi connectivity index (χ1n) is 8.62. The molecule has 2 N–H and O–H groups in total. The molecule has 30 heavy (non-hydrogen) atoms. The summed E-state index contributed by atoms with van der Waals surface area (Å²) in [4.78, 5) is 41.7. The Labute approximate surface area is 175 Å². The summed E-state index contributed by atoms with van der Waals surface area (Å²) in [6.07, 6.45) is 1.48. The standard InChI is InChI=1S/C19H14N4O5S2/c24-16(11-23-17(25)14-3-1-2-4-15(14)18(23)26)21-12-5-7-13(8-6-12)30(27,28)22-19-20-9-10-29-19/h1-10H,11H2,(H,20,22)(H,21,24). The van der Waals surface area contributed by atoms with Gasteiger partial charge in [0.1, 0.15) is 6.54 Å². The molecule has 1 aliphatic rings. The van der Waals surface area contributed by atoms with Crippen LogP contribution in [-0.4, -0.2) is 42.6 Å². The Kier molecular flexibility index (Phi) is 5.06. The Balaban J connectivity index is 1.41. The number of carbonyl (C=O) groups is 3. The zero-order valence-electron chi connectivity index (χ0n) is 15.2. The van der Waals surface area contributed by atoms with E-state index in [1.807, 2.05) is 0 Å². The number of hydrogen-bond donors (Lipinski definition) is 2. The molecule has 3 aromatic rings. The van der Waals surface area contributed by atoms with Crippen LogP contribution in [0.2, 0.25) is 0 Å². The maximum atomic E-state index is 12.3. The predicted octanol–water partition coefficient (Wildman–Crippen LogP) is 2.18. The van der Waals surface area contributed by atoms with E-state index < -0.39 is 34.3 Å². The smallest absolute Gasteiger partial charge is 0.263 e. The van der Waals surface area contributed by atoms with E-state index in [0.717, 1.165) is 16.2 Å². The molecule has 0 spiro atoms. The predicted molar refractivity (Wildman–Crippen MR) is 110 cm³/mol. The van der Waals surface area contributed by atoms with Crippen molar-refractivity contribution in [2.24, 2.45) is 0 Å². The van der Waals surface area contributed by atoms with Crippen molar-refractivity contribution in [3.8, 4) is 0 Å². The summed E-state index contributed by atoms with van der Waals surface area (Å²) in [6.45, 7) is -0.446. The van der Waals surface area contributed by atoms with E-state index in [9.17, 15) is 22.8 Å². The zero-order valence-corrected chi connectivity index (χ0v) is 16.9. The fourth-order valence-corrected chi connectivity index (χ4v) is 4.68. The topological polar surface area (TPSA) is 126 Å². The van der Waals surface area contributed by atoms with Crippen LogP contribution in [0.15, 0.2) is 65.0 Å². The van der Waals surface area contributed by atoms with Crippen LogP contribution in [0.25, 0.3) is 0 Å². The van der Waals surface area contributed by atoms with Crippen molar-refractivity contribution in [1.82, 2.24) is 9.88 Å². The van der Waals surface area contributed by atoms with Crippen molar-refractivity contribution in [3.05, 3.63) is 71.2 Å². The number of amides is 3.